The standard InChI is InChI=1S/C16H25NO2.C3H6O3/c1-17(2)12-15(13-6-8-14(18)9-7-13)16(19)10-4-3-5-11-16;1-2(4)3(5)6/h6-9,15,18-19H,3-5,10-12H2,1-2H3;2,4H,1H3,(H,5,6). The lowest BCUT2D eigenvalue weighted by molar-refractivity contribution is -0.145. The van der Waals surface area contributed by atoms with Gasteiger partial charge in [0.05, 0.1) is 5.60 Å². The van der Waals surface area contributed by atoms with E-state index in [1.165, 1.54) is 13.3 Å². The van der Waals surface area contributed by atoms with Crippen molar-refractivity contribution in [1.29, 1.82) is 0 Å². The first-order valence-electron chi connectivity index (χ1n) is 8.72. The minimum Gasteiger partial charge on any atom is -0.508 e. The average Bonchev–Trinajstić information content (AvgIpc) is 2.54. The number of aliphatic hydroxyl groups is 2. The van der Waals surface area contributed by atoms with Crippen LogP contribution in [0.5, 0.6) is 5.75 Å². The number of aliphatic hydroxyl groups excluding tert-OH is 1. The molecule has 0 spiro atoms. The second-order valence-corrected chi connectivity index (χ2v) is 7.08. The summed E-state index contributed by atoms with van der Waals surface area (Å²) in [7, 11) is 4.08. The molecule has 0 saturated heterocycles. The van der Waals surface area contributed by atoms with Crippen molar-refractivity contribution in [3.8, 4) is 5.75 Å². The van der Waals surface area contributed by atoms with Gasteiger partial charge in [0, 0.05) is 12.5 Å². The van der Waals surface area contributed by atoms with Gasteiger partial charge >= 0.3 is 5.97 Å². The molecule has 1 saturated carbocycles. The molecule has 1 aliphatic rings. The molecular formula is C19H31NO5. The summed E-state index contributed by atoms with van der Waals surface area (Å²) in [4.78, 5) is 11.6. The van der Waals surface area contributed by atoms with Gasteiger partial charge in [-0.3, -0.25) is 0 Å². The zero-order valence-electron chi connectivity index (χ0n) is 15.4. The smallest absolute Gasteiger partial charge is 0.332 e. The van der Waals surface area contributed by atoms with Crippen molar-refractivity contribution in [2.75, 3.05) is 20.6 Å². The predicted octanol–water partition coefficient (Wildman–Crippen LogP) is 2.18. The number of carboxylic acid groups (broad SMARTS) is 1. The molecule has 0 amide bonds. The van der Waals surface area contributed by atoms with Crippen LogP contribution in [-0.2, 0) is 4.79 Å². The van der Waals surface area contributed by atoms with Gasteiger partial charge in [-0.05, 0) is 51.6 Å². The number of nitrogens with zero attached hydrogens (tertiary/aromatic N) is 1. The fourth-order valence-electron chi connectivity index (χ4n) is 3.17. The minimum atomic E-state index is -1.23. The molecule has 6 heteroatoms. The van der Waals surface area contributed by atoms with E-state index < -0.39 is 17.7 Å². The van der Waals surface area contributed by atoms with Crippen molar-refractivity contribution in [3.63, 3.8) is 0 Å². The molecule has 4 N–H and O–H groups in total. The van der Waals surface area contributed by atoms with Gasteiger partial charge in [-0.2, -0.15) is 0 Å². The van der Waals surface area contributed by atoms with Gasteiger partial charge in [0.25, 0.3) is 0 Å². The fourth-order valence-corrected chi connectivity index (χ4v) is 3.17. The first kappa shape index (κ1) is 21.4. The highest BCUT2D eigenvalue weighted by atomic mass is 16.4. The van der Waals surface area contributed by atoms with E-state index in [4.69, 9.17) is 10.2 Å². The normalized spacial score (nSPS) is 18.8. The Labute approximate surface area is 149 Å². The van der Waals surface area contributed by atoms with E-state index in [1.54, 1.807) is 12.1 Å². The number of aromatic hydroxyl groups is 1. The molecule has 0 aliphatic heterocycles. The Kier molecular flexibility index (Phi) is 8.35. The summed E-state index contributed by atoms with van der Waals surface area (Å²) in [5, 5.41) is 36.2. The number of hydrogen-bond acceptors (Lipinski definition) is 5. The Morgan fingerprint density at radius 1 is 1.16 bits per heavy atom. The molecule has 142 valence electrons. The lowest BCUT2D eigenvalue weighted by Gasteiger charge is -2.40. The largest absolute Gasteiger partial charge is 0.508 e. The zero-order chi connectivity index (χ0) is 19.0. The van der Waals surface area contributed by atoms with E-state index in [1.807, 2.05) is 26.2 Å². The Hall–Kier alpha value is -1.63. The number of likely N-dealkylation sites (N-methyl/N-ethyl adjacent to an activating group) is 1. The topological polar surface area (TPSA) is 101 Å². The van der Waals surface area contributed by atoms with Gasteiger partial charge < -0.3 is 25.3 Å². The van der Waals surface area contributed by atoms with Gasteiger partial charge in [-0.1, -0.05) is 31.4 Å². The van der Waals surface area contributed by atoms with E-state index >= 15 is 0 Å². The summed E-state index contributed by atoms with van der Waals surface area (Å²) < 4.78 is 0. The lowest BCUT2D eigenvalue weighted by atomic mass is 9.72. The van der Waals surface area contributed by atoms with Crippen molar-refractivity contribution in [2.45, 2.75) is 56.7 Å². The molecule has 1 aromatic carbocycles. The first-order chi connectivity index (χ1) is 11.7. The van der Waals surface area contributed by atoms with Crippen LogP contribution in [0.1, 0.15) is 50.5 Å². The van der Waals surface area contributed by atoms with Crippen LogP contribution in [0.4, 0.5) is 0 Å². The third kappa shape index (κ3) is 7.02. The quantitative estimate of drug-likeness (QED) is 0.647. The van der Waals surface area contributed by atoms with Crippen molar-refractivity contribution in [1.82, 2.24) is 4.90 Å². The monoisotopic (exact) mass is 353 g/mol. The van der Waals surface area contributed by atoms with Crippen LogP contribution in [0.15, 0.2) is 24.3 Å². The highest BCUT2D eigenvalue weighted by Gasteiger charge is 2.38. The van der Waals surface area contributed by atoms with Gasteiger partial charge in [-0.25, -0.2) is 4.79 Å². The number of hydrogen-bond donors (Lipinski definition) is 4. The van der Waals surface area contributed by atoms with E-state index in [0.29, 0.717) is 0 Å². The number of rotatable bonds is 5. The third-order valence-corrected chi connectivity index (χ3v) is 4.57. The number of phenolic OH excluding ortho intramolecular Hbond substituents is 1. The van der Waals surface area contributed by atoms with E-state index in [-0.39, 0.29) is 11.7 Å². The average molecular weight is 353 g/mol. The second kappa shape index (κ2) is 9.75. The number of benzene rings is 1. The SMILES string of the molecule is CC(O)C(=O)O.CN(C)CC(c1ccc(O)cc1)C1(O)CCCCC1. The number of carbonyl (C=O) groups is 1. The van der Waals surface area contributed by atoms with Crippen LogP contribution in [0.3, 0.4) is 0 Å². The Balaban J connectivity index is 0.000000450. The molecule has 2 atom stereocenters. The molecule has 2 unspecified atom stereocenters. The maximum atomic E-state index is 11.0. The maximum absolute atomic E-state index is 11.0. The van der Waals surface area contributed by atoms with Crippen molar-refractivity contribution in [3.05, 3.63) is 29.8 Å². The number of aliphatic carboxylic acids is 1. The van der Waals surface area contributed by atoms with Gasteiger partial charge in [-0.15, -0.1) is 0 Å². The molecule has 1 aliphatic carbocycles. The summed E-state index contributed by atoms with van der Waals surface area (Å²) in [6.07, 6.45) is 3.98. The predicted molar refractivity (Wildman–Crippen MR) is 96.8 cm³/mol. The molecule has 0 radical (unpaired) electrons. The van der Waals surface area contributed by atoms with Crippen LogP contribution in [0.25, 0.3) is 0 Å². The summed E-state index contributed by atoms with van der Waals surface area (Å²) in [5.74, 6) is -0.790. The fraction of sp³-hybridized carbons (Fsp3) is 0.632. The van der Waals surface area contributed by atoms with Gasteiger partial charge in [0.15, 0.2) is 0 Å². The zero-order valence-corrected chi connectivity index (χ0v) is 15.4. The van der Waals surface area contributed by atoms with Gasteiger partial charge in [0.1, 0.15) is 11.9 Å². The lowest BCUT2D eigenvalue weighted by Crippen LogP contribution is -2.42. The van der Waals surface area contributed by atoms with Crippen LogP contribution in [-0.4, -0.2) is 63.6 Å². The van der Waals surface area contributed by atoms with Crippen molar-refractivity contribution < 1.29 is 25.2 Å². The molecule has 6 nitrogen and oxygen atoms in total. The Morgan fingerprint density at radius 2 is 1.64 bits per heavy atom. The third-order valence-electron chi connectivity index (χ3n) is 4.57. The molecule has 0 aromatic heterocycles. The molecule has 25 heavy (non-hydrogen) atoms. The highest BCUT2D eigenvalue weighted by molar-refractivity contribution is 5.71. The summed E-state index contributed by atoms with van der Waals surface area (Å²) in [6, 6.07) is 7.31. The molecule has 0 bridgehead atoms. The summed E-state index contributed by atoms with van der Waals surface area (Å²) in [5.41, 5.74) is 0.523. The molecule has 2 rings (SSSR count). The Morgan fingerprint density at radius 3 is 2.04 bits per heavy atom. The van der Waals surface area contributed by atoms with Crippen LogP contribution >= 0.6 is 0 Å². The van der Waals surface area contributed by atoms with Crippen LogP contribution in [0, 0.1) is 0 Å². The van der Waals surface area contributed by atoms with Crippen molar-refractivity contribution >= 4 is 5.97 Å². The van der Waals surface area contributed by atoms with E-state index in [2.05, 4.69) is 4.90 Å². The maximum Gasteiger partial charge on any atom is 0.332 e. The molecule has 1 aromatic rings. The molecule has 0 heterocycles. The van der Waals surface area contributed by atoms with E-state index in [0.717, 1.165) is 37.8 Å². The Bertz CT molecular complexity index is 521. The summed E-state index contributed by atoms with van der Waals surface area (Å²) in [6.45, 7) is 2.03. The first-order valence-corrected chi connectivity index (χ1v) is 8.72. The highest BCUT2D eigenvalue weighted by Crippen LogP contribution is 2.40. The van der Waals surface area contributed by atoms with Crippen molar-refractivity contribution in [2.24, 2.45) is 0 Å². The second-order valence-electron chi connectivity index (χ2n) is 7.08. The van der Waals surface area contributed by atoms with E-state index in [9.17, 15) is 15.0 Å². The molecule has 1 fully saturated rings. The number of carboxylic acids is 1. The minimum absolute atomic E-state index is 0.114. The molecular weight excluding hydrogens is 322 g/mol. The van der Waals surface area contributed by atoms with Crippen LogP contribution in [0.2, 0.25) is 0 Å². The summed E-state index contributed by atoms with van der Waals surface area (Å²) >= 11 is 0. The van der Waals surface area contributed by atoms with Crippen LogP contribution < -0.4 is 0 Å². The van der Waals surface area contributed by atoms with Gasteiger partial charge in [0.2, 0.25) is 0 Å². The number of phenols is 1.